The van der Waals surface area contributed by atoms with Gasteiger partial charge in [0.25, 0.3) is 0 Å². The van der Waals surface area contributed by atoms with Crippen LogP contribution in [0.4, 0.5) is 5.69 Å². The van der Waals surface area contributed by atoms with Crippen LogP contribution in [0.25, 0.3) is 27.7 Å². The molecule has 0 spiro atoms. The number of methoxy groups -OCH3 is 1. The number of allylic oxidation sites excluding steroid dienone is 1. The summed E-state index contributed by atoms with van der Waals surface area (Å²) in [4.78, 5) is 12.7. The van der Waals surface area contributed by atoms with Crippen LogP contribution in [0.1, 0.15) is 19.4 Å². The van der Waals surface area contributed by atoms with Gasteiger partial charge in [-0.1, -0.05) is 35.3 Å². The lowest BCUT2D eigenvalue weighted by Gasteiger charge is -2.11. The van der Waals surface area contributed by atoms with Gasteiger partial charge < -0.3 is 19.2 Å². The van der Waals surface area contributed by atoms with Crippen LogP contribution in [-0.4, -0.2) is 19.6 Å². The first-order valence-electron chi connectivity index (χ1n) is 10.7. The lowest BCUT2D eigenvalue weighted by Crippen LogP contribution is -2.09. The van der Waals surface area contributed by atoms with Crippen LogP contribution in [0.5, 0.6) is 11.5 Å². The zero-order valence-electron chi connectivity index (χ0n) is 18.9. The van der Waals surface area contributed by atoms with Gasteiger partial charge in [-0.3, -0.25) is 4.79 Å². The van der Waals surface area contributed by atoms with Crippen molar-refractivity contribution < 1.29 is 18.7 Å². The second-order valence-electron chi connectivity index (χ2n) is 7.60. The smallest absolute Gasteiger partial charge is 0.248 e. The SMILES string of the molecule is CCOc1ccc(-c2coc3cc(OC)c(/C(C)=C/C(=O)Nc4ccc(Cl)cc4Cl)cc23)cc1. The number of ether oxygens (including phenoxy) is 2. The summed E-state index contributed by atoms with van der Waals surface area (Å²) >= 11 is 12.1. The highest BCUT2D eigenvalue weighted by Crippen LogP contribution is 2.38. The molecule has 0 aliphatic rings. The third-order valence-corrected chi connectivity index (χ3v) is 5.88. The Morgan fingerprint density at radius 3 is 2.53 bits per heavy atom. The molecule has 0 aliphatic heterocycles. The summed E-state index contributed by atoms with van der Waals surface area (Å²) in [6.45, 7) is 4.41. The van der Waals surface area contributed by atoms with Crippen molar-refractivity contribution in [1.82, 2.24) is 0 Å². The third-order valence-electron chi connectivity index (χ3n) is 5.33. The molecular formula is C27H23Cl2NO4. The molecule has 174 valence electrons. The van der Waals surface area contributed by atoms with Crippen LogP contribution in [0.15, 0.2) is 71.4 Å². The van der Waals surface area contributed by atoms with E-state index in [2.05, 4.69) is 5.32 Å². The van der Waals surface area contributed by atoms with E-state index in [0.717, 1.165) is 33.4 Å². The van der Waals surface area contributed by atoms with Crippen LogP contribution < -0.4 is 14.8 Å². The lowest BCUT2D eigenvalue weighted by atomic mass is 9.99. The van der Waals surface area contributed by atoms with Crippen LogP contribution in [0.2, 0.25) is 10.0 Å². The monoisotopic (exact) mass is 495 g/mol. The minimum absolute atomic E-state index is 0.317. The van der Waals surface area contributed by atoms with Gasteiger partial charge in [0.15, 0.2) is 0 Å². The van der Waals surface area contributed by atoms with Crippen molar-refractivity contribution in [2.45, 2.75) is 13.8 Å². The molecule has 0 atom stereocenters. The first-order chi connectivity index (χ1) is 16.4. The highest BCUT2D eigenvalue weighted by molar-refractivity contribution is 6.36. The van der Waals surface area contributed by atoms with Gasteiger partial charge in [-0.05, 0) is 61.4 Å². The van der Waals surface area contributed by atoms with Gasteiger partial charge in [-0.15, -0.1) is 0 Å². The van der Waals surface area contributed by atoms with Crippen LogP contribution >= 0.6 is 23.2 Å². The van der Waals surface area contributed by atoms with Gasteiger partial charge in [0.2, 0.25) is 5.91 Å². The Balaban J connectivity index is 1.68. The fourth-order valence-corrected chi connectivity index (χ4v) is 4.14. The molecule has 1 N–H and O–H groups in total. The quantitative estimate of drug-likeness (QED) is 0.265. The fraction of sp³-hybridized carbons (Fsp3) is 0.148. The van der Waals surface area contributed by atoms with Gasteiger partial charge in [0.1, 0.15) is 17.1 Å². The van der Waals surface area contributed by atoms with E-state index >= 15 is 0 Å². The standard InChI is InChI=1S/C27H23Cl2NO4/c1-4-33-19-8-5-17(6-9-19)22-15-34-26-14-25(32-3)20(13-21(22)26)16(2)11-27(31)30-24-10-7-18(28)12-23(24)29/h5-15H,4H2,1-3H3,(H,30,31)/b16-11+. The third kappa shape index (κ3) is 5.06. The molecule has 0 unspecified atom stereocenters. The van der Waals surface area contributed by atoms with E-state index in [9.17, 15) is 4.79 Å². The molecule has 1 amide bonds. The fourth-order valence-electron chi connectivity index (χ4n) is 3.69. The average molecular weight is 496 g/mol. The molecule has 0 bridgehead atoms. The van der Waals surface area contributed by atoms with E-state index in [-0.39, 0.29) is 5.91 Å². The van der Waals surface area contributed by atoms with Crippen molar-refractivity contribution in [3.8, 4) is 22.6 Å². The molecule has 0 aliphatic carbocycles. The summed E-state index contributed by atoms with van der Waals surface area (Å²) in [5.41, 5.74) is 4.60. The number of carbonyl (C=O) groups excluding carboxylic acids is 1. The zero-order chi connectivity index (χ0) is 24.2. The Morgan fingerprint density at radius 1 is 1.09 bits per heavy atom. The summed E-state index contributed by atoms with van der Waals surface area (Å²) in [5.74, 6) is 1.10. The summed E-state index contributed by atoms with van der Waals surface area (Å²) in [6.07, 6.45) is 3.23. The molecule has 1 aromatic heterocycles. The van der Waals surface area contributed by atoms with Crippen molar-refractivity contribution in [3.05, 3.63) is 82.5 Å². The van der Waals surface area contributed by atoms with E-state index in [1.54, 1.807) is 31.6 Å². The van der Waals surface area contributed by atoms with Crippen molar-refractivity contribution in [2.24, 2.45) is 0 Å². The van der Waals surface area contributed by atoms with Gasteiger partial charge in [0, 0.05) is 33.7 Å². The molecule has 5 nitrogen and oxygen atoms in total. The number of anilines is 1. The van der Waals surface area contributed by atoms with Gasteiger partial charge in [0.05, 0.1) is 30.7 Å². The molecule has 0 radical (unpaired) electrons. The minimum atomic E-state index is -0.317. The molecule has 1 heterocycles. The van der Waals surface area contributed by atoms with Crippen LogP contribution in [-0.2, 0) is 4.79 Å². The van der Waals surface area contributed by atoms with Crippen LogP contribution in [0, 0.1) is 0 Å². The number of hydrogen-bond donors (Lipinski definition) is 1. The molecule has 7 heteroatoms. The average Bonchev–Trinajstić information content (AvgIpc) is 3.23. The molecule has 3 aromatic carbocycles. The number of carbonyl (C=O) groups is 1. The first-order valence-corrected chi connectivity index (χ1v) is 11.4. The van der Waals surface area contributed by atoms with Gasteiger partial charge in [-0.25, -0.2) is 0 Å². The molecule has 34 heavy (non-hydrogen) atoms. The maximum atomic E-state index is 12.7. The Morgan fingerprint density at radius 2 is 1.85 bits per heavy atom. The summed E-state index contributed by atoms with van der Waals surface area (Å²) in [5, 5.41) is 4.56. The first kappa shape index (κ1) is 23.7. The van der Waals surface area contributed by atoms with E-state index in [0.29, 0.717) is 33.7 Å². The number of furan rings is 1. The predicted molar refractivity (Wildman–Crippen MR) is 138 cm³/mol. The summed E-state index contributed by atoms with van der Waals surface area (Å²) < 4.78 is 16.9. The molecule has 0 fully saturated rings. The minimum Gasteiger partial charge on any atom is -0.496 e. The number of halogens is 2. The Labute approximate surface area is 207 Å². The number of amides is 1. The van der Waals surface area contributed by atoms with E-state index in [1.165, 1.54) is 6.08 Å². The zero-order valence-corrected chi connectivity index (χ0v) is 20.5. The predicted octanol–water partition coefficient (Wildman–Crippen LogP) is 7.86. The van der Waals surface area contributed by atoms with Gasteiger partial charge >= 0.3 is 0 Å². The topological polar surface area (TPSA) is 60.7 Å². The van der Waals surface area contributed by atoms with E-state index < -0.39 is 0 Å². The molecule has 4 aromatic rings. The normalized spacial score (nSPS) is 11.5. The maximum Gasteiger partial charge on any atom is 0.248 e. The van der Waals surface area contributed by atoms with Crippen molar-refractivity contribution in [1.29, 1.82) is 0 Å². The van der Waals surface area contributed by atoms with E-state index in [4.69, 9.17) is 37.1 Å². The summed E-state index contributed by atoms with van der Waals surface area (Å²) in [7, 11) is 1.59. The highest BCUT2D eigenvalue weighted by Gasteiger charge is 2.15. The Bertz CT molecular complexity index is 1370. The highest BCUT2D eigenvalue weighted by atomic mass is 35.5. The van der Waals surface area contributed by atoms with Crippen molar-refractivity contribution >= 4 is 51.3 Å². The maximum absolute atomic E-state index is 12.7. The second kappa shape index (κ2) is 10.2. The van der Waals surface area contributed by atoms with E-state index in [1.807, 2.05) is 50.2 Å². The second-order valence-corrected chi connectivity index (χ2v) is 8.44. The van der Waals surface area contributed by atoms with Crippen LogP contribution in [0.3, 0.4) is 0 Å². The van der Waals surface area contributed by atoms with Gasteiger partial charge in [-0.2, -0.15) is 0 Å². The number of hydrogen-bond acceptors (Lipinski definition) is 4. The molecule has 0 saturated carbocycles. The molecular weight excluding hydrogens is 473 g/mol. The van der Waals surface area contributed by atoms with Crippen molar-refractivity contribution in [2.75, 3.05) is 19.0 Å². The molecule has 4 rings (SSSR count). The number of rotatable bonds is 7. The van der Waals surface area contributed by atoms with Crippen molar-refractivity contribution in [3.63, 3.8) is 0 Å². The Hall–Kier alpha value is -3.41. The largest absolute Gasteiger partial charge is 0.496 e. The Kier molecular flexibility index (Phi) is 7.15. The number of fused-ring (bicyclic) bond motifs is 1. The molecule has 0 saturated heterocycles. The summed E-state index contributed by atoms with van der Waals surface area (Å²) in [6, 6.07) is 16.5. The lowest BCUT2D eigenvalue weighted by molar-refractivity contribution is -0.111. The number of nitrogens with one attached hydrogen (secondary N) is 1. The number of benzene rings is 3.